The molecule has 112 valence electrons. The van der Waals surface area contributed by atoms with Crippen molar-refractivity contribution in [2.75, 3.05) is 25.0 Å². The number of fused-ring (bicyclic) bond motifs is 1. The highest BCUT2D eigenvalue weighted by molar-refractivity contribution is 8.00. The maximum atomic E-state index is 12.6. The van der Waals surface area contributed by atoms with Crippen LogP contribution < -0.4 is 10.6 Å². The summed E-state index contributed by atoms with van der Waals surface area (Å²) >= 11 is 1.53. The molecule has 1 aromatic rings. The number of hydrogen-bond donors (Lipinski definition) is 2. The molecule has 5 nitrogen and oxygen atoms in total. The van der Waals surface area contributed by atoms with E-state index in [4.69, 9.17) is 0 Å². The number of amides is 2. The van der Waals surface area contributed by atoms with Gasteiger partial charge in [0.2, 0.25) is 5.91 Å². The monoisotopic (exact) mass is 305 g/mol. The second-order valence-electron chi connectivity index (χ2n) is 5.51. The maximum absolute atomic E-state index is 12.6. The number of carbonyl (C=O) groups excluding carboxylic acids is 2. The van der Waals surface area contributed by atoms with Crippen molar-refractivity contribution in [3.8, 4) is 0 Å². The van der Waals surface area contributed by atoms with Gasteiger partial charge in [0.25, 0.3) is 5.91 Å². The lowest BCUT2D eigenvalue weighted by Crippen LogP contribution is -2.52. The molecule has 0 spiro atoms. The van der Waals surface area contributed by atoms with Crippen LogP contribution in [0, 0.1) is 0 Å². The first kappa shape index (κ1) is 14.4. The molecule has 6 heteroatoms. The van der Waals surface area contributed by atoms with Crippen LogP contribution in [0.3, 0.4) is 0 Å². The van der Waals surface area contributed by atoms with Crippen LogP contribution in [0.1, 0.15) is 24.2 Å². The summed E-state index contributed by atoms with van der Waals surface area (Å²) in [7, 11) is 0. The first-order chi connectivity index (χ1) is 10.1. The predicted molar refractivity (Wildman–Crippen MR) is 83.8 cm³/mol. The Labute approximate surface area is 128 Å². The number of piperazine rings is 1. The van der Waals surface area contributed by atoms with Crippen molar-refractivity contribution >= 4 is 29.3 Å². The number of hydrogen-bond acceptors (Lipinski definition) is 4. The highest BCUT2D eigenvalue weighted by Gasteiger charge is 2.27. The molecule has 0 bridgehead atoms. The number of carbonyl (C=O) groups is 2. The van der Waals surface area contributed by atoms with Gasteiger partial charge in [0.05, 0.1) is 10.9 Å². The number of rotatable bonds is 1. The molecule has 2 atom stereocenters. The minimum atomic E-state index is -0.0905. The van der Waals surface area contributed by atoms with Gasteiger partial charge in [-0.15, -0.1) is 11.8 Å². The van der Waals surface area contributed by atoms with Gasteiger partial charge in [0, 0.05) is 36.1 Å². The summed E-state index contributed by atoms with van der Waals surface area (Å²) in [6.07, 6.45) is 0. The average molecular weight is 305 g/mol. The predicted octanol–water partition coefficient (Wildman–Crippen LogP) is 1.55. The van der Waals surface area contributed by atoms with E-state index in [1.807, 2.05) is 30.9 Å². The van der Waals surface area contributed by atoms with Gasteiger partial charge in [-0.2, -0.15) is 0 Å². The lowest BCUT2D eigenvalue weighted by Gasteiger charge is -2.34. The number of benzene rings is 1. The van der Waals surface area contributed by atoms with Crippen molar-refractivity contribution in [1.82, 2.24) is 10.2 Å². The third-order valence-corrected chi connectivity index (χ3v) is 5.10. The molecule has 2 aliphatic rings. The van der Waals surface area contributed by atoms with Gasteiger partial charge in [-0.1, -0.05) is 0 Å². The SMILES string of the molecule is CC1Sc2ccc(C(=O)N3CCNCC3C)cc2NC1=O. The second-order valence-corrected chi connectivity index (χ2v) is 6.89. The summed E-state index contributed by atoms with van der Waals surface area (Å²) in [5, 5.41) is 6.06. The maximum Gasteiger partial charge on any atom is 0.254 e. The van der Waals surface area contributed by atoms with Gasteiger partial charge in [-0.05, 0) is 32.0 Å². The summed E-state index contributed by atoms with van der Waals surface area (Å²) in [6.45, 7) is 6.29. The molecule has 0 aromatic heterocycles. The fourth-order valence-electron chi connectivity index (χ4n) is 2.65. The molecular weight excluding hydrogens is 286 g/mol. The first-order valence-electron chi connectivity index (χ1n) is 7.19. The minimum absolute atomic E-state index is 0.00682. The van der Waals surface area contributed by atoms with Crippen LogP contribution in [0.5, 0.6) is 0 Å². The summed E-state index contributed by atoms with van der Waals surface area (Å²) in [4.78, 5) is 27.3. The van der Waals surface area contributed by atoms with Crippen molar-refractivity contribution in [2.45, 2.75) is 30.0 Å². The van der Waals surface area contributed by atoms with E-state index in [1.54, 1.807) is 6.07 Å². The Kier molecular flexibility index (Phi) is 3.91. The smallest absolute Gasteiger partial charge is 0.254 e. The highest BCUT2D eigenvalue weighted by Crippen LogP contribution is 2.36. The summed E-state index contributed by atoms with van der Waals surface area (Å²) in [6, 6.07) is 5.76. The Balaban J connectivity index is 1.85. The van der Waals surface area contributed by atoms with Crippen LogP contribution >= 0.6 is 11.8 Å². The zero-order valence-corrected chi connectivity index (χ0v) is 13.0. The molecule has 2 aliphatic heterocycles. The van der Waals surface area contributed by atoms with E-state index in [-0.39, 0.29) is 23.1 Å². The minimum Gasteiger partial charge on any atom is -0.333 e. The molecule has 2 amide bonds. The van der Waals surface area contributed by atoms with E-state index in [0.29, 0.717) is 5.56 Å². The van der Waals surface area contributed by atoms with E-state index in [1.165, 1.54) is 11.8 Å². The van der Waals surface area contributed by atoms with E-state index in [9.17, 15) is 9.59 Å². The Morgan fingerprint density at radius 1 is 1.38 bits per heavy atom. The Bertz CT molecular complexity index is 590. The summed E-state index contributed by atoms with van der Waals surface area (Å²) < 4.78 is 0. The molecule has 2 unspecified atom stereocenters. The van der Waals surface area contributed by atoms with Crippen molar-refractivity contribution in [2.24, 2.45) is 0 Å². The molecule has 21 heavy (non-hydrogen) atoms. The normalized spacial score (nSPS) is 25.2. The van der Waals surface area contributed by atoms with E-state index in [0.717, 1.165) is 30.2 Å². The molecule has 2 N–H and O–H groups in total. The number of nitrogens with one attached hydrogen (secondary N) is 2. The van der Waals surface area contributed by atoms with E-state index in [2.05, 4.69) is 10.6 Å². The van der Waals surface area contributed by atoms with Crippen LogP contribution in [0.25, 0.3) is 0 Å². The standard InChI is InChI=1S/C15H19N3O2S/c1-9-8-16-5-6-18(9)15(20)11-3-4-13-12(7-11)17-14(19)10(2)21-13/h3-4,7,9-10,16H,5-6,8H2,1-2H3,(H,17,19). The van der Waals surface area contributed by atoms with Gasteiger partial charge in [0.1, 0.15) is 0 Å². The second kappa shape index (κ2) is 5.69. The van der Waals surface area contributed by atoms with Gasteiger partial charge in [-0.25, -0.2) is 0 Å². The molecule has 0 radical (unpaired) electrons. The lowest BCUT2D eigenvalue weighted by molar-refractivity contribution is -0.115. The van der Waals surface area contributed by atoms with Crippen LogP contribution in [0.2, 0.25) is 0 Å². The van der Waals surface area contributed by atoms with Crippen molar-refractivity contribution in [1.29, 1.82) is 0 Å². The van der Waals surface area contributed by atoms with Gasteiger partial charge < -0.3 is 15.5 Å². The van der Waals surface area contributed by atoms with Gasteiger partial charge >= 0.3 is 0 Å². The van der Waals surface area contributed by atoms with Gasteiger partial charge in [0.15, 0.2) is 0 Å². The number of thioether (sulfide) groups is 1. The zero-order chi connectivity index (χ0) is 15.0. The molecular formula is C15H19N3O2S. The largest absolute Gasteiger partial charge is 0.333 e. The van der Waals surface area contributed by atoms with Crippen LogP contribution in [-0.4, -0.2) is 47.6 Å². The van der Waals surface area contributed by atoms with Crippen LogP contribution in [0.15, 0.2) is 23.1 Å². The van der Waals surface area contributed by atoms with Crippen molar-refractivity contribution in [3.05, 3.63) is 23.8 Å². The summed E-state index contributed by atoms with van der Waals surface area (Å²) in [5.41, 5.74) is 1.38. The fraction of sp³-hybridized carbons (Fsp3) is 0.467. The Morgan fingerprint density at radius 3 is 2.95 bits per heavy atom. The van der Waals surface area contributed by atoms with E-state index < -0.39 is 0 Å². The van der Waals surface area contributed by atoms with Gasteiger partial charge in [-0.3, -0.25) is 9.59 Å². The van der Waals surface area contributed by atoms with E-state index >= 15 is 0 Å². The number of nitrogens with zero attached hydrogens (tertiary/aromatic N) is 1. The molecule has 1 fully saturated rings. The molecule has 0 aliphatic carbocycles. The average Bonchev–Trinajstić information content (AvgIpc) is 2.48. The third kappa shape index (κ3) is 2.78. The van der Waals surface area contributed by atoms with Crippen molar-refractivity contribution in [3.63, 3.8) is 0 Å². The molecule has 1 aromatic carbocycles. The zero-order valence-electron chi connectivity index (χ0n) is 12.2. The molecule has 1 saturated heterocycles. The quantitative estimate of drug-likeness (QED) is 0.826. The van der Waals surface area contributed by atoms with Crippen LogP contribution in [0.4, 0.5) is 5.69 Å². The van der Waals surface area contributed by atoms with Crippen molar-refractivity contribution < 1.29 is 9.59 Å². The summed E-state index contributed by atoms with van der Waals surface area (Å²) in [5.74, 6) is 0.0253. The Hall–Kier alpha value is -1.53. The number of anilines is 1. The molecule has 2 heterocycles. The molecule has 3 rings (SSSR count). The fourth-order valence-corrected chi connectivity index (χ4v) is 3.58. The molecule has 0 saturated carbocycles. The first-order valence-corrected chi connectivity index (χ1v) is 8.07. The Morgan fingerprint density at radius 2 is 2.19 bits per heavy atom. The lowest BCUT2D eigenvalue weighted by atomic mass is 10.1. The highest BCUT2D eigenvalue weighted by atomic mass is 32.2. The van der Waals surface area contributed by atoms with Crippen LogP contribution in [-0.2, 0) is 4.79 Å². The third-order valence-electron chi connectivity index (χ3n) is 3.92. The topological polar surface area (TPSA) is 61.4 Å².